The average molecular weight is 201 g/mol. The number of carbonyl (C=O) groups excluding carboxylic acids is 1. The molecule has 2 atom stereocenters. The highest BCUT2D eigenvalue weighted by molar-refractivity contribution is 5.75. The number of rotatable bonds is 2. The molecule has 1 aliphatic rings. The average Bonchev–Trinajstić information content (AvgIpc) is 2.45. The molecule has 0 aromatic carbocycles. The van der Waals surface area contributed by atoms with Crippen LogP contribution < -0.4 is 5.48 Å². The molecule has 0 radical (unpaired) electrons. The lowest BCUT2D eigenvalue weighted by molar-refractivity contribution is -0.162. The Morgan fingerprint density at radius 1 is 1.43 bits per heavy atom. The Morgan fingerprint density at radius 3 is 2.50 bits per heavy atom. The van der Waals surface area contributed by atoms with E-state index in [1.807, 2.05) is 0 Å². The van der Waals surface area contributed by atoms with Crippen LogP contribution in [0.25, 0.3) is 0 Å². The monoisotopic (exact) mass is 201 g/mol. The summed E-state index contributed by atoms with van der Waals surface area (Å²) in [6.07, 6.45) is 2.06. The predicted molar refractivity (Wildman–Crippen MR) is 52.3 cm³/mol. The quantitative estimate of drug-likeness (QED) is 0.654. The normalized spacial score (nSPS) is 27.7. The van der Waals surface area contributed by atoms with Crippen LogP contribution in [-0.4, -0.2) is 23.2 Å². The molecule has 2 unspecified atom stereocenters. The van der Waals surface area contributed by atoms with E-state index in [1.54, 1.807) is 20.8 Å². The van der Waals surface area contributed by atoms with Crippen molar-refractivity contribution in [3.63, 3.8) is 0 Å². The van der Waals surface area contributed by atoms with E-state index in [0.717, 1.165) is 12.8 Å². The van der Waals surface area contributed by atoms with E-state index < -0.39 is 5.41 Å². The zero-order valence-corrected chi connectivity index (χ0v) is 9.04. The number of hydroxylamine groups is 1. The fourth-order valence-corrected chi connectivity index (χ4v) is 1.35. The highest BCUT2D eigenvalue weighted by Gasteiger charge is 2.27. The Balaban J connectivity index is 2.24. The van der Waals surface area contributed by atoms with Crippen LogP contribution in [0.15, 0.2) is 0 Å². The number of hydrogen-bond acceptors (Lipinski definition) is 4. The molecule has 14 heavy (non-hydrogen) atoms. The third-order valence-electron chi connectivity index (χ3n) is 2.34. The second-order valence-corrected chi connectivity index (χ2v) is 4.92. The van der Waals surface area contributed by atoms with E-state index >= 15 is 0 Å². The lowest BCUT2D eigenvalue weighted by Gasteiger charge is -2.18. The first-order valence-electron chi connectivity index (χ1n) is 5.04. The Morgan fingerprint density at radius 2 is 2.07 bits per heavy atom. The van der Waals surface area contributed by atoms with Gasteiger partial charge in [0.2, 0.25) is 0 Å². The Bertz CT molecular complexity index is 210. The van der Waals surface area contributed by atoms with Crippen molar-refractivity contribution in [1.29, 1.82) is 0 Å². The maximum atomic E-state index is 11.4. The van der Waals surface area contributed by atoms with Gasteiger partial charge in [-0.15, -0.1) is 5.48 Å². The van der Waals surface area contributed by atoms with Crippen LogP contribution >= 0.6 is 0 Å². The molecule has 82 valence electrons. The van der Waals surface area contributed by atoms with E-state index in [1.165, 1.54) is 0 Å². The van der Waals surface area contributed by atoms with Gasteiger partial charge in [-0.2, -0.15) is 0 Å². The van der Waals surface area contributed by atoms with Gasteiger partial charge < -0.3 is 9.94 Å². The molecule has 0 saturated heterocycles. The third-order valence-corrected chi connectivity index (χ3v) is 2.34. The molecule has 1 aliphatic carbocycles. The number of hydrogen-bond donors (Lipinski definition) is 2. The SMILES string of the molecule is CC(C)(C)C(=O)ONC1CCC(O)C1. The van der Waals surface area contributed by atoms with Gasteiger partial charge >= 0.3 is 5.97 Å². The van der Waals surface area contributed by atoms with Crippen molar-refractivity contribution in [2.24, 2.45) is 5.41 Å². The molecule has 4 nitrogen and oxygen atoms in total. The summed E-state index contributed by atoms with van der Waals surface area (Å²) in [4.78, 5) is 16.3. The molecule has 0 spiro atoms. The van der Waals surface area contributed by atoms with Crippen molar-refractivity contribution in [3.05, 3.63) is 0 Å². The molecule has 0 amide bonds. The molecule has 0 aromatic rings. The lowest BCUT2D eigenvalue weighted by Crippen LogP contribution is -2.34. The number of carbonyl (C=O) groups is 1. The first kappa shape index (κ1) is 11.5. The van der Waals surface area contributed by atoms with Crippen molar-refractivity contribution in [3.8, 4) is 0 Å². The van der Waals surface area contributed by atoms with Gasteiger partial charge in [0.05, 0.1) is 11.5 Å². The van der Waals surface area contributed by atoms with Crippen molar-refractivity contribution in [2.75, 3.05) is 0 Å². The highest BCUT2D eigenvalue weighted by atomic mass is 16.7. The van der Waals surface area contributed by atoms with Crippen LogP contribution in [0.2, 0.25) is 0 Å². The van der Waals surface area contributed by atoms with Gasteiger partial charge in [0.25, 0.3) is 0 Å². The molecule has 0 bridgehead atoms. The molecule has 4 heteroatoms. The number of nitrogens with one attached hydrogen (secondary N) is 1. The van der Waals surface area contributed by atoms with Crippen molar-refractivity contribution in [1.82, 2.24) is 5.48 Å². The molecule has 0 heterocycles. The minimum absolute atomic E-state index is 0.108. The van der Waals surface area contributed by atoms with Crippen LogP contribution in [0.4, 0.5) is 0 Å². The van der Waals surface area contributed by atoms with Gasteiger partial charge in [0, 0.05) is 6.04 Å². The summed E-state index contributed by atoms with van der Waals surface area (Å²) in [6.45, 7) is 5.42. The standard InChI is InChI=1S/C10H19NO3/c1-10(2,3)9(13)14-11-7-4-5-8(12)6-7/h7-8,11-12H,4-6H2,1-3H3. The maximum absolute atomic E-state index is 11.4. The summed E-state index contributed by atoms with van der Waals surface area (Å²) < 4.78 is 0. The molecule has 1 rings (SSSR count). The summed E-state index contributed by atoms with van der Waals surface area (Å²) in [6, 6.07) is 0.108. The summed E-state index contributed by atoms with van der Waals surface area (Å²) in [5.74, 6) is -0.265. The van der Waals surface area contributed by atoms with Gasteiger partial charge in [-0.05, 0) is 40.0 Å². The molecular formula is C10H19NO3. The highest BCUT2D eigenvalue weighted by Crippen LogP contribution is 2.20. The minimum atomic E-state index is -0.482. The molecule has 1 saturated carbocycles. The summed E-state index contributed by atoms with van der Waals surface area (Å²) in [5, 5.41) is 9.24. The van der Waals surface area contributed by atoms with Crippen LogP contribution in [-0.2, 0) is 9.63 Å². The minimum Gasteiger partial charge on any atom is -0.393 e. The zero-order chi connectivity index (χ0) is 10.8. The summed E-state index contributed by atoms with van der Waals surface area (Å²) in [5.41, 5.74) is 2.23. The van der Waals surface area contributed by atoms with Crippen LogP contribution in [0.5, 0.6) is 0 Å². The molecule has 0 aromatic heterocycles. The second kappa shape index (κ2) is 4.28. The fourth-order valence-electron chi connectivity index (χ4n) is 1.35. The van der Waals surface area contributed by atoms with E-state index in [9.17, 15) is 9.90 Å². The first-order valence-corrected chi connectivity index (χ1v) is 5.04. The molecule has 1 fully saturated rings. The van der Waals surface area contributed by atoms with Crippen molar-refractivity contribution < 1.29 is 14.7 Å². The zero-order valence-electron chi connectivity index (χ0n) is 9.04. The molecule has 2 N–H and O–H groups in total. The van der Waals surface area contributed by atoms with Crippen molar-refractivity contribution in [2.45, 2.75) is 52.2 Å². The summed E-state index contributed by atoms with van der Waals surface area (Å²) >= 11 is 0. The molecular weight excluding hydrogens is 182 g/mol. The number of aliphatic hydroxyl groups excluding tert-OH is 1. The van der Waals surface area contributed by atoms with E-state index in [0.29, 0.717) is 6.42 Å². The van der Waals surface area contributed by atoms with Gasteiger partial charge in [-0.25, -0.2) is 4.79 Å². The van der Waals surface area contributed by atoms with Gasteiger partial charge in [0.15, 0.2) is 0 Å². The Hall–Kier alpha value is -0.610. The van der Waals surface area contributed by atoms with Crippen LogP contribution in [0.1, 0.15) is 40.0 Å². The summed E-state index contributed by atoms with van der Waals surface area (Å²) in [7, 11) is 0. The van der Waals surface area contributed by atoms with E-state index in [4.69, 9.17) is 4.84 Å². The van der Waals surface area contributed by atoms with E-state index in [-0.39, 0.29) is 18.1 Å². The second-order valence-electron chi connectivity index (χ2n) is 4.92. The van der Waals surface area contributed by atoms with Crippen LogP contribution in [0.3, 0.4) is 0 Å². The lowest BCUT2D eigenvalue weighted by atomic mass is 9.98. The van der Waals surface area contributed by atoms with Crippen LogP contribution in [0, 0.1) is 5.41 Å². The predicted octanol–water partition coefficient (Wildman–Crippen LogP) is 0.994. The maximum Gasteiger partial charge on any atom is 0.329 e. The smallest absolute Gasteiger partial charge is 0.329 e. The topological polar surface area (TPSA) is 58.6 Å². The third kappa shape index (κ3) is 3.27. The number of aliphatic hydroxyl groups is 1. The van der Waals surface area contributed by atoms with Gasteiger partial charge in [-0.1, -0.05) is 0 Å². The first-order chi connectivity index (χ1) is 6.39. The Labute approximate surface area is 84.6 Å². The van der Waals surface area contributed by atoms with Crippen molar-refractivity contribution >= 4 is 5.97 Å². The van der Waals surface area contributed by atoms with Gasteiger partial charge in [0.1, 0.15) is 0 Å². The van der Waals surface area contributed by atoms with Gasteiger partial charge in [-0.3, -0.25) is 0 Å². The largest absolute Gasteiger partial charge is 0.393 e. The van der Waals surface area contributed by atoms with E-state index in [2.05, 4.69) is 5.48 Å². The fraction of sp³-hybridized carbons (Fsp3) is 0.900. The Kier molecular flexibility index (Phi) is 3.50. The molecule has 0 aliphatic heterocycles.